The Morgan fingerprint density at radius 2 is 1.87 bits per heavy atom. The second-order valence-corrected chi connectivity index (χ2v) is 16.5. The molecule has 0 fully saturated rings. The number of fused-ring (bicyclic) bond motifs is 2. The first-order valence-electron chi connectivity index (χ1n) is 12.6. The Kier molecular flexibility index (Phi) is 7.55. The number of carbonyl (C=O) groups is 1. The monoisotopic (exact) mass is 543 g/mol. The lowest BCUT2D eigenvalue weighted by Crippen LogP contribution is -2.31. The summed E-state index contributed by atoms with van der Waals surface area (Å²) in [6.45, 7) is 8.32. The van der Waals surface area contributed by atoms with Crippen molar-refractivity contribution in [1.29, 1.82) is 0 Å². The molecule has 1 amide bonds. The first-order valence-corrected chi connectivity index (χ1v) is 16.7. The van der Waals surface area contributed by atoms with Crippen LogP contribution in [0.25, 0.3) is 21.8 Å². The highest BCUT2D eigenvalue weighted by Crippen LogP contribution is 2.30. The predicted octanol–water partition coefficient (Wildman–Crippen LogP) is 6.79. The summed E-state index contributed by atoms with van der Waals surface area (Å²) in [5.41, 5.74) is 3.81. The third-order valence-corrected chi connectivity index (χ3v) is 8.27. The molecule has 7 nitrogen and oxygen atoms in total. The van der Waals surface area contributed by atoms with E-state index >= 15 is 0 Å². The normalized spacial score (nSPS) is 11.8. The van der Waals surface area contributed by atoms with E-state index in [2.05, 4.69) is 34.7 Å². The molecule has 0 saturated heterocycles. The van der Waals surface area contributed by atoms with Gasteiger partial charge in [-0.3, -0.25) is 9.78 Å². The van der Waals surface area contributed by atoms with Crippen molar-refractivity contribution in [1.82, 2.24) is 19.7 Å². The summed E-state index contributed by atoms with van der Waals surface area (Å²) in [4.78, 5) is 24.3. The number of para-hydroxylation sites is 1. The van der Waals surface area contributed by atoms with Crippen LogP contribution in [0.5, 0.6) is 0 Å². The Hall–Kier alpha value is -3.59. The van der Waals surface area contributed by atoms with E-state index in [-0.39, 0.29) is 5.91 Å². The maximum atomic E-state index is 13.9. The van der Waals surface area contributed by atoms with Gasteiger partial charge in [-0.2, -0.15) is 5.10 Å². The molecule has 0 spiro atoms. The molecule has 3 heterocycles. The van der Waals surface area contributed by atoms with Crippen molar-refractivity contribution < 1.29 is 9.53 Å². The van der Waals surface area contributed by atoms with Crippen LogP contribution < -0.4 is 4.90 Å². The molecule has 0 atom stereocenters. The van der Waals surface area contributed by atoms with Gasteiger partial charge in [-0.1, -0.05) is 55.5 Å². The molecule has 38 heavy (non-hydrogen) atoms. The molecule has 5 rings (SSSR count). The molecule has 0 radical (unpaired) electrons. The first-order chi connectivity index (χ1) is 18.3. The van der Waals surface area contributed by atoms with Crippen molar-refractivity contribution >= 4 is 53.1 Å². The molecule has 194 valence electrons. The fourth-order valence-corrected chi connectivity index (χ4v) is 5.21. The van der Waals surface area contributed by atoms with E-state index in [4.69, 9.17) is 16.3 Å². The van der Waals surface area contributed by atoms with Crippen LogP contribution in [0, 0.1) is 0 Å². The van der Waals surface area contributed by atoms with Crippen LogP contribution in [-0.4, -0.2) is 40.3 Å². The average molecular weight is 544 g/mol. The lowest BCUT2D eigenvalue weighted by atomic mass is 10.1. The third kappa shape index (κ3) is 5.93. The van der Waals surface area contributed by atoms with E-state index < -0.39 is 8.07 Å². The van der Waals surface area contributed by atoms with Gasteiger partial charge in [0.05, 0.1) is 35.0 Å². The second kappa shape index (κ2) is 11.0. The van der Waals surface area contributed by atoms with Gasteiger partial charge in [-0.25, -0.2) is 9.67 Å². The molecule has 0 saturated carbocycles. The van der Waals surface area contributed by atoms with Gasteiger partial charge < -0.3 is 9.64 Å². The third-order valence-electron chi connectivity index (χ3n) is 6.36. The van der Waals surface area contributed by atoms with E-state index in [0.717, 1.165) is 39.1 Å². The summed E-state index contributed by atoms with van der Waals surface area (Å²) < 4.78 is 7.85. The van der Waals surface area contributed by atoms with Gasteiger partial charge in [-0.15, -0.1) is 0 Å². The Morgan fingerprint density at radius 1 is 1.03 bits per heavy atom. The summed E-state index contributed by atoms with van der Waals surface area (Å²) in [6.07, 6.45) is 5.07. The van der Waals surface area contributed by atoms with Gasteiger partial charge in [0, 0.05) is 37.8 Å². The second-order valence-electron chi connectivity index (χ2n) is 10.5. The number of pyridine rings is 2. The van der Waals surface area contributed by atoms with Crippen molar-refractivity contribution in [2.75, 3.05) is 11.5 Å². The molecule has 0 aliphatic heterocycles. The molecular weight excluding hydrogens is 514 g/mol. The minimum atomic E-state index is -1.21. The zero-order valence-electron chi connectivity index (χ0n) is 21.8. The molecule has 2 aromatic carbocycles. The number of amides is 1. The Labute approximate surface area is 228 Å². The van der Waals surface area contributed by atoms with Crippen LogP contribution in [0.15, 0.2) is 79.3 Å². The maximum Gasteiger partial charge on any atom is 0.260 e. The highest BCUT2D eigenvalue weighted by Gasteiger charge is 2.23. The minimum Gasteiger partial charge on any atom is -0.360 e. The quantitative estimate of drug-likeness (QED) is 0.116. The van der Waals surface area contributed by atoms with Crippen molar-refractivity contribution in [2.24, 2.45) is 0 Å². The largest absolute Gasteiger partial charge is 0.360 e. The molecule has 0 bridgehead atoms. The average Bonchev–Trinajstić information content (AvgIpc) is 3.32. The number of halogens is 1. The highest BCUT2D eigenvalue weighted by molar-refractivity contribution is 6.76. The summed E-state index contributed by atoms with van der Waals surface area (Å²) in [5.74, 6) is -0.155. The van der Waals surface area contributed by atoms with E-state index in [1.807, 2.05) is 53.3 Å². The van der Waals surface area contributed by atoms with Crippen molar-refractivity contribution in [3.8, 4) is 0 Å². The number of nitrogens with zero attached hydrogens (tertiary/aromatic N) is 5. The number of aromatic nitrogens is 4. The number of anilines is 1. The maximum absolute atomic E-state index is 13.9. The van der Waals surface area contributed by atoms with Crippen LogP contribution in [0.4, 0.5) is 5.69 Å². The van der Waals surface area contributed by atoms with Crippen LogP contribution in [0.1, 0.15) is 15.9 Å². The standard InChI is InChI=1S/C29H30ClN5O2Si/c1-38(2,3)15-14-37-20-35-28-23(18-32-35)6-4-8-26(28)34(29(36)24-7-5-13-31-17-24)19-21-9-10-22-11-12-27(30)33-25(22)16-21/h4-13,16-18H,14-15,19-20H2,1-3H3. The van der Waals surface area contributed by atoms with Crippen molar-refractivity contribution in [2.45, 2.75) is 39.0 Å². The number of hydrogen-bond donors (Lipinski definition) is 0. The first kappa shape index (κ1) is 26.0. The molecule has 9 heteroatoms. The van der Waals surface area contributed by atoms with Gasteiger partial charge in [0.1, 0.15) is 11.9 Å². The van der Waals surface area contributed by atoms with Gasteiger partial charge in [-0.05, 0) is 48.0 Å². The Bertz CT molecular complexity index is 1580. The zero-order chi connectivity index (χ0) is 26.7. The fraction of sp³-hybridized carbons (Fsp3) is 0.241. The SMILES string of the molecule is C[Si](C)(C)CCOCn1ncc2cccc(N(Cc3ccc4ccc(Cl)nc4c3)C(=O)c3cccnc3)c21. The minimum absolute atomic E-state index is 0.155. The smallest absolute Gasteiger partial charge is 0.260 e. The number of hydrogen-bond acceptors (Lipinski definition) is 5. The van der Waals surface area contributed by atoms with E-state index in [1.165, 1.54) is 0 Å². The van der Waals surface area contributed by atoms with Gasteiger partial charge in [0.2, 0.25) is 0 Å². The van der Waals surface area contributed by atoms with Crippen LogP contribution in [-0.2, 0) is 18.0 Å². The number of carbonyl (C=O) groups excluding carboxylic acids is 1. The number of ether oxygens (including phenoxy) is 1. The summed E-state index contributed by atoms with van der Waals surface area (Å²) in [6, 6.07) is 20.2. The lowest BCUT2D eigenvalue weighted by molar-refractivity contribution is 0.0816. The summed E-state index contributed by atoms with van der Waals surface area (Å²) in [5, 5.41) is 6.94. The van der Waals surface area contributed by atoms with Crippen LogP contribution >= 0.6 is 11.6 Å². The van der Waals surface area contributed by atoms with Crippen LogP contribution in [0.2, 0.25) is 30.8 Å². The molecular formula is C29H30ClN5O2Si. The van der Waals surface area contributed by atoms with Gasteiger partial charge in [0.25, 0.3) is 5.91 Å². The summed E-state index contributed by atoms with van der Waals surface area (Å²) >= 11 is 6.15. The number of benzene rings is 2. The van der Waals surface area contributed by atoms with Gasteiger partial charge >= 0.3 is 0 Å². The molecule has 0 aliphatic rings. The van der Waals surface area contributed by atoms with E-state index in [0.29, 0.717) is 30.6 Å². The fourth-order valence-electron chi connectivity index (χ4n) is 4.30. The summed E-state index contributed by atoms with van der Waals surface area (Å²) in [7, 11) is -1.21. The molecule has 0 unspecified atom stereocenters. The topological polar surface area (TPSA) is 73.1 Å². The van der Waals surface area contributed by atoms with E-state index in [1.54, 1.807) is 35.5 Å². The van der Waals surface area contributed by atoms with Crippen LogP contribution in [0.3, 0.4) is 0 Å². The molecule has 3 aromatic heterocycles. The number of rotatable bonds is 9. The Balaban J connectivity index is 1.54. The van der Waals surface area contributed by atoms with Crippen molar-refractivity contribution in [3.63, 3.8) is 0 Å². The lowest BCUT2D eigenvalue weighted by Gasteiger charge is -2.25. The van der Waals surface area contributed by atoms with Crippen molar-refractivity contribution in [3.05, 3.63) is 95.5 Å². The zero-order valence-corrected chi connectivity index (χ0v) is 23.5. The predicted molar refractivity (Wildman–Crippen MR) is 155 cm³/mol. The van der Waals surface area contributed by atoms with E-state index in [9.17, 15) is 4.79 Å². The Morgan fingerprint density at radius 3 is 2.66 bits per heavy atom. The van der Waals surface area contributed by atoms with Gasteiger partial charge in [0.15, 0.2) is 0 Å². The molecule has 5 aromatic rings. The highest BCUT2D eigenvalue weighted by atomic mass is 35.5. The molecule has 0 N–H and O–H groups in total. The molecule has 0 aliphatic carbocycles.